The molecule has 0 unspecified atom stereocenters. The van der Waals surface area contributed by atoms with E-state index in [0.717, 1.165) is 11.4 Å². The zero-order chi connectivity index (χ0) is 10.5. The van der Waals surface area contributed by atoms with Gasteiger partial charge in [0.1, 0.15) is 5.75 Å². The van der Waals surface area contributed by atoms with Crippen LogP contribution in [0, 0.1) is 0 Å². The topological polar surface area (TPSA) is 60.0 Å². The van der Waals surface area contributed by atoms with E-state index < -0.39 is 0 Å². The van der Waals surface area contributed by atoms with Gasteiger partial charge in [0.25, 0.3) is 0 Å². The number of rotatable bonds is 4. The van der Waals surface area contributed by atoms with Gasteiger partial charge >= 0.3 is 0 Å². The van der Waals surface area contributed by atoms with E-state index in [2.05, 4.69) is 10.1 Å². The van der Waals surface area contributed by atoms with Crippen LogP contribution in [0.25, 0.3) is 0 Å². The third-order valence-electron chi connectivity index (χ3n) is 2.04. The number of hydrogen-bond donors (Lipinski definition) is 1. The first kappa shape index (κ1) is 9.71. The number of benzene rings is 1. The predicted octanol–water partition coefficient (Wildman–Crippen LogP) is 1.87. The minimum atomic E-state index is 0.434. The molecule has 1 aliphatic rings. The summed E-state index contributed by atoms with van der Waals surface area (Å²) in [6.07, 6.45) is 5.77. The van der Waals surface area contributed by atoms with E-state index in [-0.39, 0.29) is 0 Å². The molecule has 0 spiro atoms. The quantitative estimate of drug-likeness (QED) is 0.461. The normalized spacial score (nSPS) is 16.3. The van der Waals surface area contributed by atoms with Crippen LogP contribution in [0.15, 0.2) is 34.4 Å². The minimum Gasteiger partial charge on any atom is -0.490 e. The van der Waals surface area contributed by atoms with Crippen molar-refractivity contribution in [2.75, 3.05) is 0 Å². The van der Waals surface area contributed by atoms with Crippen molar-refractivity contribution in [2.24, 2.45) is 15.9 Å². The lowest BCUT2D eigenvalue weighted by molar-refractivity contribution is 0.303. The molecule has 0 atom stereocenters. The Morgan fingerprint density at radius 1 is 1.20 bits per heavy atom. The van der Waals surface area contributed by atoms with Gasteiger partial charge in [0.05, 0.1) is 18.0 Å². The van der Waals surface area contributed by atoms with E-state index in [9.17, 15) is 0 Å². The summed E-state index contributed by atoms with van der Waals surface area (Å²) in [5.74, 6) is 5.84. The van der Waals surface area contributed by atoms with Crippen molar-refractivity contribution in [1.29, 1.82) is 0 Å². The number of nitrogens with zero attached hydrogens (tertiary/aromatic N) is 2. The lowest BCUT2D eigenvalue weighted by Crippen LogP contribution is -1.94. The van der Waals surface area contributed by atoms with Crippen LogP contribution >= 0.6 is 0 Å². The van der Waals surface area contributed by atoms with Gasteiger partial charge in [-0.15, -0.1) is 0 Å². The second kappa shape index (κ2) is 4.59. The van der Waals surface area contributed by atoms with Crippen molar-refractivity contribution in [1.82, 2.24) is 0 Å². The highest BCUT2D eigenvalue weighted by atomic mass is 16.5. The van der Waals surface area contributed by atoms with Crippen LogP contribution in [0.3, 0.4) is 0 Å². The first-order valence-electron chi connectivity index (χ1n) is 4.91. The maximum atomic E-state index is 5.61. The largest absolute Gasteiger partial charge is 0.490 e. The van der Waals surface area contributed by atoms with E-state index >= 15 is 0 Å². The zero-order valence-corrected chi connectivity index (χ0v) is 8.34. The van der Waals surface area contributed by atoms with E-state index in [0.29, 0.717) is 6.10 Å². The standard InChI is InChI=1S/C11H13N3O/c12-14-8-7-13-9-1-3-10(4-2-9)15-11-5-6-11/h1-4,7-8,11H,5-6,12H2. The molecule has 2 N–H and O–H groups in total. The van der Waals surface area contributed by atoms with E-state index in [1.54, 1.807) is 6.21 Å². The Bertz CT molecular complexity index is 366. The monoisotopic (exact) mass is 203 g/mol. The molecule has 0 aliphatic heterocycles. The SMILES string of the molecule is NN=CC=Nc1ccc(OC2CC2)cc1. The molecular formula is C11H13N3O. The molecule has 1 aromatic carbocycles. The fourth-order valence-electron chi connectivity index (χ4n) is 1.15. The van der Waals surface area contributed by atoms with E-state index in [1.807, 2.05) is 24.3 Å². The summed E-state index contributed by atoms with van der Waals surface area (Å²) in [6.45, 7) is 0. The van der Waals surface area contributed by atoms with Gasteiger partial charge in [0, 0.05) is 6.21 Å². The summed E-state index contributed by atoms with van der Waals surface area (Å²) >= 11 is 0. The van der Waals surface area contributed by atoms with Crippen molar-refractivity contribution in [3.63, 3.8) is 0 Å². The average molecular weight is 203 g/mol. The Morgan fingerprint density at radius 3 is 2.53 bits per heavy atom. The van der Waals surface area contributed by atoms with E-state index in [1.165, 1.54) is 19.1 Å². The van der Waals surface area contributed by atoms with Crippen LogP contribution in [0.5, 0.6) is 5.75 Å². The lowest BCUT2D eigenvalue weighted by Gasteiger charge is -2.03. The molecule has 4 heteroatoms. The molecule has 78 valence electrons. The van der Waals surface area contributed by atoms with Crippen molar-refractivity contribution in [3.05, 3.63) is 24.3 Å². The second-order valence-corrected chi connectivity index (χ2v) is 3.39. The summed E-state index contributed by atoms with van der Waals surface area (Å²) < 4.78 is 5.61. The zero-order valence-electron chi connectivity index (χ0n) is 8.34. The second-order valence-electron chi connectivity index (χ2n) is 3.39. The molecule has 2 rings (SSSR count). The van der Waals surface area contributed by atoms with Crippen LogP contribution < -0.4 is 10.6 Å². The summed E-state index contributed by atoms with van der Waals surface area (Å²) in [4.78, 5) is 4.12. The smallest absolute Gasteiger partial charge is 0.119 e. The molecule has 0 saturated heterocycles. The number of ether oxygens (including phenoxy) is 1. The molecule has 1 aliphatic carbocycles. The Labute approximate surface area is 88.5 Å². The number of hydrogen-bond acceptors (Lipinski definition) is 4. The molecule has 0 aromatic heterocycles. The molecular weight excluding hydrogens is 190 g/mol. The highest BCUT2D eigenvalue weighted by Crippen LogP contribution is 2.27. The van der Waals surface area contributed by atoms with Crippen LogP contribution in [-0.2, 0) is 0 Å². The van der Waals surface area contributed by atoms with Crippen LogP contribution in [0.4, 0.5) is 5.69 Å². The Morgan fingerprint density at radius 2 is 1.93 bits per heavy atom. The van der Waals surface area contributed by atoms with Crippen molar-refractivity contribution in [3.8, 4) is 5.75 Å². The number of aliphatic imine (C=N–C) groups is 1. The van der Waals surface area contributed by atoms with E-state index in [4.69, 9.17) is 10.6 Å². The molecule has 0 amide bonds. The molecule has 15 heavy (non-hydrogen) atoms. The van der Waals surface area contributed by atoms with Crippen molar-refractivity contribution >= 4 is 18.1 Å². The lowest BCUT2D eigenvalue weighted by atomic mass is 10.3. The van der Waals surface area contributed by atoms with Gasteiger partial charge in [-0.1, -0.05) is 0 Å². The Hall–Kier alpha value is -1.84. The fraction of sp³-hybridized carbons (Fsp3) is 0.273. The van der Waals surface area contributed by atoms with Gasteiger partial charge in [-0.25, -0.2) is 0 Å². The maximum Gasteiger partial charge on any atom is 0.119 e. The Kier molecular flexibility index (Phi) is 2.97. The van der Waals surface area contributed by atoms with Gasteiger partial charge in [-0.3, -0.25) is 4.99 Å². The molecule has 1 fully saturated rings. The summed E-state index contributed by atoms with van der Waals surface area (Å²) in [7, 11) is 0. The highest BCUT2D eigenvalue weighted by molar-refractivity contribution is 6.16. The molecule has 4 nitrogen and oxygen atoms in total. The molecule has 0 radical (unpaired) electrons. The van der Waals surface area contributed by atoms with Crippen molar-refractivity contribution in [2.45, 2.75) is 18.9 Å². The predicted molar refractivity (Wildman–Crippen MR) is 60.9 cm³/mol. The van der Waals surface area contributed by atoms with Crippen LogP contribution in [0.1, 0.15) is 12.8 Å². The van der Waals surface area contributed by atoms with Gasteiger partial charge in [0.15, 0.2) is 0 Å². The highest BCUT2D eigenvalue weighted by Gasteiger charge is 2.23. The number of hydrazone groups is 1. The Balaban J connectivity index is 1.96. The third-order valence-corrected chi connectivity index (χ3v) is 2.04. The molecule has 1 saturated carbocycles. The van der Waals surface area contributed by atoms with Crippen molar-refractivity contribution < 1.29 is 4.74 Å². The van der Waals surface area contributed by atoms with Gasteiger partial charge < -0.3 is 10.6 Å². The molecule has 0 bridgehead atoms. The molecule has 0 heterocycles. The summed E-state index contributed by atoms with van der Waals surface area (Å²) in [5, 5.41) is 3.32. The van der Waals surface area contributed by atoms with Crippen LogP contribution in [0.2, 0.25) is 0 Å². The van der Waals surface area contributed by atoms with Gasteiger partial charge in [-0.05, 0) is 37.1 Å². The van der Waals surface area contributed by atoms with Gasteiger partial charge in [-0.2, -0.15) is 5.10 Å². The average Bonchev–Trinajstić information content (AvgIpc) is 3.05. The summed E-state index contributed by atoms with van der Waals surface area (Å²) in [6, 6.07) is 7.65. The molecule has 1 aromatic rings. The fourth-order valence-corrected chi connectivity index (χ4v) is 1.15. The first-order chi connectivity index (χ1) is 7.38. The summed E-state index contributed by atoms with van der Waals surface area (Å²) in [5.41, 5.74) is 0.859. The maximum absolute atomic E-state index is 5.61. The number of nitrogens with two attached hydrogens (primary N) is 1. The third kappa shape index (κ3) is 3.09. The van der Waals surface area contributed by atoms with Gasteiger partial charge in [0.2, 0.25) is 0 Å². The first-order valence-corrected chi connectivity index (χ1v) is 4.91. The van der Waals surface area contributed by atoms with Crippen LogP contribution in [-0.4, -0.2) is 18.5 Å². The minimum absolute atomic E-state index is 0.434.